The standard InChI is InChI=1S/C22H24F2N2O3/c1-13(2)11-26-18-10-15(6-8-19(18)29-12-22(3,4)21(26)28)25-20(27)14-5-7-16(23)17(24)9-14/h5-10,13H,11-12H2,1-4H3,(H,25,27). The minimum absolute atomic E-state index is 0.00802. The van der Waals surface area contributed by atoms with Gasteiger partial charge in [0.15, 0.2) is 11.6 Å². The fourth-order valence-corrected chi connectivity index (χ4v) is 3.11. The van der Waals surface area contributed by atoms with Crippen LogP contribution in [-0.2, 0) is 4.79 Å². The molecule has 3 rings (SSSR count). The van der Waals surface area contributed by atoms with Crippen molar-refractivity contribution < 1.29 is 23.1 Å². The first-order valence-electron chi connectivity index (χ1n) is 9.44. The van der Waals surface area contributed by atoms with Gasteiger partial charge in [-0.25, -0.2) is 8.78 Å². The van der Waals surface area contributed by atoms with Crippen molar-refractivity contribution in [3.8, 4) is 5.75 Å². The predicted octanol–water partition coefficient (Wildman–Crippen LogP) is 4.62. The van der Waals surface area contributed by atoms with E-state index in [4.69, 9.17) is 4.74 Å². The van der Waals surface area contributed by atoms with E-state index in [2.05, 4.69) is 5.32 Å². The first-order chi connectivity index (χ1) is 13.6. The van der Waals surface area contributed by atoms with Crippen LogP contribution in [0, 0.1) is 23.0 Å². The summed E-state index contributed by atoms with van der Waals surface area (Å²) in [6.45, 7) is 8.44. The molecule has 5 nitrogen and oxygen atoms in total. The molecule has 1 N–H and O–H groups in total. The van der Waals surface area contributed by atoms with E-state index >= 15 is 0 Å². The predicted molar refractivity (Wildman–Crippen MR) is 107 cm³/mol. The number of hydrogen-bond acceptors (Lipinski definition) is 3. The molecule has 0 atom stereocenters. The summed E-state index contributed by atoms with van der Waals surface area (Å²) in [7, 11) is 0. The van der Waals surface area contributed by atoms with Crippen LogP contribution in [0.2, 0.25) is 0 Å². The lowest BCUT2D eigenvalue weighted by molar-refractivity contribution is -0.127. The maximum atomic E-state index is 13.4. The van der Waals surface area contributed by atoms with E-state index in [0.29, 0.717) is 23.7 Å². The van der Waals surface area contributed by atoms with Crippen LogP contribution in [0.1, 0.15) is 38.1 Å². The molecule has 2 aromatic rings. The molecule has 0 spiro atoms. The monoisotopic (exact) mass is 402 g/mol. The number of carbonyl (C=O) groups excluding carboxylic acids is 2. The Morgan fingerprint density at radius 1 is 1.17 bits per heavy atom. The number of rotatable bonds is 4. The zero-order valence-corrected chi connectivity index (χ0v) is 16.9. The first-order valence-corrected chi connectivity index (χ1v) is 9.44. The van der Waals surface area contributed by atoms with E-state index < -0.39 is 23.0 Å². The SMILES string of the molecule is CC(C)CN1C(=O)C(C)(C)COc2ccc(NC(=O)c3ccc(F)c(F)c3)cc21. The van der Waals surface area contributed by atoms with Crippen molar-refractivity contribution in [3.05, 3.63) is 53.6 Å². The van der Waals surface area contributed by atoms with Crippen LogP contribution in [0.3, 0.4) is 0 Å². The average Bonchev–Trinajstić information content (AvgIpc) is 2.74. The number of nitrogens with zero attached hydrogens (tertiary/aromatic N) is 1. The maximum Gasteiger partial charge on any atom is 0.255 e. The first kappa shape index (κ1) is 20.8. The summed E-state index contributed by atoms with van der Waals surface area (Å²) < 4.78 is 32.4. The highest BCUT2D eigenvalue weighted by molar-refractivity contribution is 6.05. The zero-order chi connectivity index (χ0) is 21.3. The molecule has 154 valence electrons. The molecule has 2 aromatic carbocycles. The lowest BCUT2D eigenvalue weighted by Gasteiger charge is -2.29. The van der Waals surface area contributed by atoms with Gasteiger partial charge in [-0.2, -0.15) is 0 Å². The third-order valence-electron chi connectivity index (χ3n) is 4.65. The van der Waals surface area contributed by atoms with Gasteiger partial charge in [-0.3, -0.25) is 9.59 Å². The lowest BCUT2D eigenvalue weighted by Crippen LogP contribution is -2.43. The minimum Gasteiger partial charge on any atom is -0.490 e. The molecule has 2 amide bonds. The number of anilines is 2. The normalized spacial score (nSPS) is 15.6. The fraction of sp³-hybridized carbons (Fsp3) is 0.364. The van der Waals surface area contributed by atoms with Crippen LogP contribution >= 0.6 is 0 Å². The summed E-state index contributed by atoms with van der Waals surface area (Å²) in [5.74, 6) is -1.98. The molecule has 1 aliphatic rings. The molecule has 0 saturated heterocycles. The van der Waals surface area contributed by atoms with Crippen molar-refractivity contribution in [3.63, 3.8) is 0 Å². The molecule has 0 aromatic heterocycles. The van der Waals surface area contributed by atoms with Gasteiger partial charge in [0.2, 0.25) is 5.91 Å². The second-order valence-electron chi connectivity index (χ2n) is 8.25. The highest BCUT2D eigenvalue weighted by Gasteiger charge is 2.38. The molecule has 1 aliphatic heterocycles. The minimum atomic E-state index is -1.09. The number of amides is 2. The second kappa shape index (κ2) is 7.81. The molecule has 29 heavy (non-hydrogen) atoms. The Bertz CT molecular complexity index is 957. The van der Waals surface area contributed by atoms with Crippen molar-refractivity contribution in [2.45, 2.75) is 27.7 Å². The Morgan fingerprint density at radius 3 is 2.55 bits per heavy atom. The van der Waals surface area contributed by atoms with E-state index in [9.17, 15) is 18.4 Å². The highest BCUT2D eigenvalue weighted by atomic mass is 19.2. The quantitative estimate of drug-likeness (QED) is 0.812. The summed E-state index contributed by atoms with van der Waals surface area (Å²) in [4.78, 5) is 27.2. The summed E-state index contributed by atoms with van der Waals surface area (Å²) in [5, 5.41) is 2.66. The molecule has 0 radical (unpaired) electrons. The van der Waals surface area contributed by atoms with Gasteiger partial charge in [0.05, 0.1) is 11.1 Å². The summed E-state index contributed by atoms with van der Waals surface area (Å²) in [6, 6.07) is 7.95. The smallest absolute Gasteiger partial charge is 0.255 e. The second-order valence-corrected chi connectivity index (χ2v) is 8.25. The Morgan fingerprint density at radius 2 is 1.90 bits per heavy atom. The van der Waals surface area contributed by atoms with Crippen molar-refractivity contribution in [1.82, 2.24) is 0 Å². The number of halogens is 2. The van der Waals surface area contributed by atoms with Crippen molar-refractivity contribution >= 4 is 23.2 Å². The molecule has 1 heterocycles. The van der Waals surface area contributed by atoms with E-state index in [0.717, 1.165) is 12.1 Å². The number of fused-ring (bicyclic) bond motifs is 1. The Kier molecular flexibility index (Phi) is 5.59. The molecule has 0 aliphatic carbocycles. The maximum absolute atomic E-state index is 13.4. The van der Waals surface area contributed by atoms with Crippen molar-refractivity contribution in [2.75, 3.05) is 23.4 Å². The number of carbonyl (C=O) groups is 2. The van der Waals surface area contributed by atoms with Gasteiger partial charge >= 0.3 is 0 Å². The van der Waals surface area contributed by atoms with E-state index in [1.54, 1.807) is 23.1 Å². The average molecular weight is 402 g/mol. The zero-order valence-electron chi connectivity index (χ0n) is 16.9. The molecule has 0 bridgehead atoms. The van der Waals surface area contributed by atoms with Crippen molar-refractivity contribution in [1.29, 1.82) is 0 Å². The fourth-order valence-electron chi connectivity index (χ4n) is 3.11. The third kappa shape index (κ3) is 4.39. The van der Waals surface area contributed by atoms with Crippen LogP contribution in [-0.4, -0.2) is 25.0 Å². The van der Waals surface area contributed by atoms with Crippen LogP contribution in [0.5, 0.6) is 5.75 Å². The topological polar surface area (TPSA) is 58.6 Å². The van der Waals surface area contributed by atoms with E-state index in [1.165, 1.54) is 6.07 Å². The van der Waals surface area contributed by atoms with Gasteiger partial charge in [-0.1, -0.05) is 13.8 Å². The molecular weight excluding hydrogens is 378 g/mol. The Balaban J connectivity index is 1.93. The Labute approximate surface area is 168 Å². The molecule has 0 saturated carbocycles. The molecule has 0 unspecified atom stereocenters. The third-order valence-corrected chi connectivity index (χ3v) is 4.65. The van der Waals surface area contributed by atoms with Gasteiger partial charge in [-0.15, -0.1) is 0 Å². The van der Waals surface area contributed by atoms with Gasteiger partial charge < -0.3 is 15.0 Å². The summed E-state index contributed by atoms with van der Waals surface area (Å²) >= 11 is 0. The summed E-state index contributed by atoms with van der Waals surface area (Å²) in [6.07, 6.45) is 0. The molecule has 0 fully saturated rings. The van der Waals surface area contributed by atoms with Crippen LogP contribution in [0.4, 0.5) is 20.2 Å². The number of hydrogen-bond donors (Lipinski definition) is 1. The molecule has 7 heteroatoms. The van der Waals surface area contributed by atoms with E-state index in [-0.39, 0.29) is 24.0 Å². The van der Waals surface area contributed by atoms with Gasteiger partial charge in [0.25, 0.3) is 5.91 Å². The van der Waals surface area contributed by atoms with Crippen LogP contribution in [0.15, 0.2) is 36.4 Å². The van der Waals surface area contributed by atoms with Crippen LogP contribution in [0.25, 0.3) is 0 Å². The Hall–Kier alpha value is -2.96. The van der Waals surface area contributed by atoms with E-state index in [1.807, 2.05) is 27.7 Å². The number of nitrogens with one attached hydrogen (secondary N) is 1. The van der Waals surface area contributed by atoms with Gasteiger partial charge in [-0.05, 0) is 56.2 Å². The lowest BCUT2D eigenvalue weighted by atomic mass is 9.92. The largest absolute Gasteiger partial charge is 0.490 e. The van der Waals surface area contributed by atoms with Crippen LogP contribution < -0.4 is 15.0 Å². The summed E-state index contributed by atoms with van der Waals surface area (Å²) in [5.41, 5.74) is 0.287. The molecular formula is C22H24F2N2O3. The number of ether oxygens (including phenoxy) is 1. The number of benzene rings is 2. The van der Waals surface area contributed by atoms with Crippen molar-refractivity contribution in [2.24, 2.45) is 11.3 Å². The highest BCUT2D eigenvalue weighted by Crippen LogP contribution is 2.38. The van der Waals surface area contributed by atoms with Gasteiger partial charge in [0, 0.05) is 17.8 Å². The van der Waals surface area contributed by atoms with Gasteiger partial charge in [0.1, 0.15) is 12.4 Å².